The van der Waals surface area contributed by atoms with Crippen LogP contribution in [0.5, 0.6) is 11.5 Å². The van der Waals surface area contributed by atoms with E-state index >= 15 is 0 Å². The molecule has 0 radical (unpaired) electrons. The second-order valence-electron chi connectivity index (χ2n) is 6.17. The summed E-state index contributed by atoms with van der Waals surface area (Å²) in [6.07, 6.45) is 1.05. The summed E-state index contributed by atoms with van der Waals surface area (Å²) < 4.78 is 16.0. The molecule has 0 saturated carbocycles. The van der Waals surface area contributed by atoms with Gasteiger partial charge in [-0.1, -0.05) is 13.8 Å². The molecule has 0 fully saturated rings. The van der Waals surface area contributed by atoms with Crippen molar-refractivity contribution in [3.63, 3.8) is 0 Å². The van der Waals surface area contributed by atoms with E-state index in [0.717, 1.165) is 0 Å². The van der Waals surface area contributed by atoms with Crippen molar-refractivity contribution in [2.24, 2.45) is 0 Å². The quantitative estimate of drug-likeness (QED) is 0.366. The maximum atomic E-state index is 12.6. The fraction of sp³-hybridized carbons (Fsp3) is 0.474. The van der Waals surface area contributed by atoms with Gasteiger partial charge in [-0.05, 0) is 25.8 Å². The van der Waals surface area contributed by atoms with Crippen LogP contribution in [0.2, 0.25) is 0 Å². The van der Waals surface area contributed by atoms with Crippen LogP contribution in [0, 0.1) is 10.1 Å². The van der Waals surface area contributed by atoms with E-state index in [4.69, 9.17) is 14.2 Å². The Labute approximate surface area is 168 Å². The minimum absolute atomic E-state index is 0.103. The fourth-order valence-electron chi connectivity index (χ4n) is 3.02. The maximum absolute atomic E-state index is 12.6. The van der Waals surface area contributed by atoms with Gasteiger partial charge in [0.05, 0.1) is 48.5 Å². The second kappa shape index (κ2) is 9.76. The van der Waals surface area contributed by atoms with E-state index in [9.17, 15) is 19.7 Å². The Morgan fingerprint density at radius 3 is 2.52 bits per heavy atom. The zero-order valence-corrected chi connectivity index (χ0v) is 16.9. The fourth-order valence-corrected chi connectivity index (χ4v) is 3.02. The zero-order valence-electron chi connectivity index (χ0n) is 16.9. The van der Waals surface area contributed by atoms with Crippen molar-refractivity contribution in [2.75, 3.05) is 20.3 Å². The van der Waals surface area contributed by atoms with Crippen LogP contribution in [-0.2, 0) is 9.53 Å². The molecule has 10 nitrogen and oxygen atoms in total. The van der Waals surface area contributed by atoms with Crippen molar-refractivity contribution >= 4 is 17.7 Å². The molecule has 10 heteroatoms. The number of rotatable bonds is 9. The smallest absolute Gasteiger partial charge is 0.338 e. The lowest BCUT2D eigenvalue weighted by Gasteiger charge is -2.29. The van der Waals surface area contributed by atoms with Crippen molar-refractivity contribution in [1.29, 1.82) is 0 Å². The number of carbonyl (C=O) groups is 2. The Kier molecular flexibility index (Phi) is 7.40. The molecule has 1 aromatic carbocycles. The van der Waals surface area contributed by atoms with E-state index in [0.29, 0.717) is 25.1 Å². The summed E-state index contributed by atoms with van der Waals surface area (Å²) in [7, 11) is 1.38. The third kappa shape index (κ3) is 4.76. The summed E-state index contributed by atoms with van der Waals surface area (Å²) in [4.78, 5) is 35.9. The first kappa shape index (κ1) is 22.0. The van der Waals surface area contributed by atoms with Crippen LogP contribution in [-0.4, -0.2) is 37.2 Å². The average Bonchev–Trinajstić information content (AvgIpc) is 2.70. The number of benzene rings is 1. The van der Waals surface area contributed by atoms with E-state index in [-0.39, 0.29) is 34.9 Å². The SMILES string of the molecule is CCCOc1cc(C2NC(=O)NC(CC)=C2C(=O)OCC)c([N+](=O)[O-])cc1OC. The van der Waals surface area contributed by atoms with Crippen molar-refractivity contribution in [3.8, 4) is 11.5 Å². The molecule has 1 heterocycles. The number of nitro benzene ring substituents is 1. The summed E-state index contributed by atoms with van der Waals surface area (Å²) in [5.74, 6) is -0.196. The van der Waals surface area contributed by atoms with E-state index in [1.807, 2.05) is 6.92 Å². The Morgan fingerprint density at radius 2 is 1.97 bits per heavy atom. The van der Waals surface area contributed by atoms with Crippen molar-refractivity contribution in [1.82, 2.24) is 10.6 Å². The minimum Gasteiger partial charge on any atom is -0.493 e. The number of allylic oxidation sites excluding steroid dienone is 1. The average molecular weight is 407 g/mol. The Hall–Kier alpha value is -3.30. The standard InChI is InChI=1S/C19H25N3O7/c1-5-8-29-15-9-11(13(22(25)26)10-14(15)27-4)17-16(18(23)28-7-3)12(6-2)20-19(24)21-17/h9-10,17H,5-8H2,1-4H3,(H2,20,21,24). The maximum Gasteiger partial charge on any atom is 0.338 e. The monoisotopic (exact) mass is 407 g/mol. The van der Waals surface area contributed by atoms with Gasteiger partial charge in [0.2, 0.25) is 0 Å². The molecule has 0 spiro atoms. The molecule has 1 aliphatic rings. The number of nitrogens with one attached hydrogen (secondary N) is 2. The van der Waals surface area contributed by atoms with Gasteiger partial charge in [-0.25, -0.2) is 9.59 Å². The normalized spacial score (nSPS) is 16.0. The highest BCUT2D eigenvalue weighted by Crippen LogP contribution is 2.41. The molecule has 0 aliphatic carbocycles. The van der Waals surface area contributed by atoms with Gasteiger partial charge in [-0.2, -0.15) is 0 Å². The van der Waals surface area contributed by atoms with Crippen LogP contribution in [0.25, 0.3) is 0 Å². The molecule has 158 valence electrons. The van der Waals surface area contributed by atoms with Gasteiger partial charge in [0.1, 0.15) is 0 Å². The number of hydrogen-bond donors (Lipinski definition) is 2. The van der Waals surface area contributed by atoms with Gasteiger partial charge >= 0.3 is 12.0 Å². The Morgan fingerprint density at radius 1 is 1.24 bits per heavy atom. The molecule has 1 unspecified atom stereocenters. The molecule has 2 rings (SSSR count). The second-order valence-corrected chi connectivity index (χ2v) is 6.17. The highest BCUT2D eigenvalue weighted by molar-refractivity contribution is 5.95. The lowest BCUT2D eigenvalue weighted by Crippen LogP contribution is -2.46. The first-order valence-electron chi connectivity index (χ1n) is 9.34. The third-order valence-electron chi connectivity index (χ3n) is 4.28. The number of methoxy groups -OCH3 is 1. The lowest BCUT2D eigenvalue weighted by molar-refractivity contribution is -0.385. The van der Waals surface area contributed by atoms with Gasteiger partial charge in [0, 0.05) is 5.70 Å². The molecular formula is C19H25N3O7. The van der Waals surface area contributed by atoms with Gasteiger partial charge in [-0.15, -0.1) is 0 Å². The van der Waals surface area contributed by atoms with Crippen LogP contribution in [0.1, 0.15) is 45.2 Å². The summed E-state index contributed by atoms with van der Waals surface area (Å²) >= 11 is 0. The van der Waals surface area contributed by atoms with E-state index in [2.05, 4.69) is 10.6 Å². The third-order valence-corrected chi connectivity index (χ3v) is 4.28. The molecule has 1 atom stereocenters. The number of esters is 1. The summed E-state index contributed by atoms with van der Waals surface area (Å²) in [5, 5.41) is 16.9. The zero-order chi connectivity index (χ0) is 21.6. The molecule has 1 aliphatic heterocycles. The van der Waals surface area contributed by atoms with Gasteiger partial charge in [-0.3, -0.25) is 10.1 Å². The number of nitro groups is 1. The van der Waals surface area contributed by atoms with Crippen molar-refractivity contribution in [3.05, 3.63) is 39.1 Å². The minimum atomic E-state index is -1.08. The van der Waals surface area contributed by atoms with Crippen LogP contribution < -0.4 is 20.1 Å². The number of amides is 2. The highest BCUT2D eigenvalue weighted by atomic mass is 16.6. The van der Waals surface area contributed by atoms with Crippen LogP contribution in [0.4, 0.5) is 10.5 Å². The molecule has 2 N–H and O–H groups in total. The summed E-state index contributed by atoms with van der Waals surface area (Å²) in [6, 6.07) is 1.01. The van der Waals surface area contributed by atoms with Crippen molar-refractivity contribution < 1.29 is 28.7 Å². The van der Waals surface area contributed by atoms with Gasteiger partial charge in [0.15, 0.2) is 11.5 Å². The first-order valence-corrected chi connectivity index (χ1v) is 9.34. The Bertz CT molecular complexity index is 835. The van der Waals surface area contributed by atoms with E-state index in [1.165, 1.54) is 19.2 Å². The number of hydrogen-bond acceptors (Lipinski definition) is 7. The van der Waals surface area contributed by atoms with Crippen LogP contribution in [0.15, 0.2) is 23.4 Å². The molecule has 0 bridgehead atoms. The first-order chi connectivity index (χ1) is 13.9. The van der Waals surface area contributed by atoms with Crippen LogP contribution in [0.3, 0.4) is 0 Å². The summed E-state index contributed by atoms with van der Waals surface area (Å²) in [5.41, 5.74) is 0.253. The molecule has 29 heavy (non-hydrogen) atoms. The van der Waals surface area contributed by atoms with Gasteiger partial charge < -0.3 is 24.8 Å². The number of carbonyl (C=O) groups excluding carboxylic acids is 2. The van der Waals surface area contributed by atoms with Crippen molar-refractivity contribution in [2.45, 2.75) is 39.7 Å². The topological polar surface area (TPSA) is 129 Å². The molecule has 0 saturated heterocycles. The number of ether oxygens (including phenoxy) is 3. The van der Waals surface area contributed by atoms with E-state index in [1.54, 1.807) is 13.8 Å². The lowest BCUT2D eigenvalue weighted by atomic mass is 9.92. The molecular weight excluding hydrogens is 382 g/mol. The molecule has 0 aromatic heterocycles. The van der Waals surface area contributed by atoms with E-state index < -0.39 is 23.0 Å². The number of urea groups is 1. The molecule has 2 amide bonds. The Balaban J connectivity index is 2.71. The highest BCUT2D eigenvalue weighted by Gasteiger charge is 2.37. The number of nitrogens with zero attached hydrogens (tertiary/aromatic N) is 1. The molecule has 1 aromatic rings. The predicted octanol–water partition coefficient (Wildman–Crippen LogP) is 2.97. The summed E-state index contributed by atoms with van der Waals surface area (Å²) in [6.45, 7) is 5.82. The van der Waals surface area contributed by atoms with Crippen LogP contribution >= 0.6 is 0 Å². The van der Waals surface area contributed by atoms with Gasteiger partial charge in [0.25, 0.3) is 5.69 Å². The predicted molar refractivity (Wildman–Crippen MR) is 104 cm³/mol. The largest absolute Gasteiger partial charge is 0.493 e.